The van der Waals surface area contributed by atoms with Crippen LogP contribution in [0.4, 0.5) is 11.4 Å². The monoisotopic (exact) mass is 418 g/mol. The van der Waals surface area contributed by atoms with Crippen molar-refractivity contribution in [1.82, 2.24) is 0 Å². The zero-order valence-corrected chi connectivity index (χ0v) is 17.4. The number of ether oxygens (including phenoxy) is 2. The number of carbonyl (C=O) groups is 3. The fourth-order valence-corrected chi connectivity index (χ4v) is 5.77. The van der Waals surface area contributed by atoms with Crippen LogP contribution in [0.1, 0.15) is 33.1 Å². The van der Waals surface area contributed by atoms with Crippen molar-refractivity contribution >= 4 is 39.9 Å². The van der Waals surface area contributed by atoms with E-state index in [9.17, 15) is 14.4 Å². The second kappa shape index (κ2) is 6.63. The molecule has 3 aliphatic heterocycles. The summed E-state index contributed by atoms with van der Waals surface area (Å²) in [6.07, 6.45) is 1.71. The molecule has 2 unspecified atom stereocenters. The second-order valence-corrected chi connectivity index (χ2v) is 8.80. The van der Waals surface area contributed by atoms with Gasteiger partial charge in [0.15, 0.2) is 5.69 Å². The van der Waals surface area contributed by atoms with Gasteiger partial charge in [0.2, 0.25) is 11.8 Å². The summed E-state index contributed by atoms with van der Waals surface area (Å²) in [4.78, 5) is 43.4. The number of imide groups is 1. The number of hydrogen-bond acceptors (Lipinski definition) is 5. The average Bonchev–Trinajstić information content (AvgIpc) is 3.32. The minimum absolute atomic E-state index is 0.152. The highest BCUT2D eigenvalue weighted by Crippen LogP contribution is 2.62. The molecule has 0 aromatic heterocycles. The molecule has 0 spiro atoms. The Balaban J connectivity index is 1.57. The third kappa shape index (κ3) is 2.64. The molecule has 3 fully saturated rings. The van der Waals surface area contributed by atoms with E-state index in [0.717, 1.165) is 0 Å². The molecule has 158 valence electrons. The number of anilines is 1. The molecule has 3 heterocycles. The van der Waals surface area contributed by atoms with E-state index >= 15 is 0 Å². The standard InChI is InChI=1S/C24H22N2O5/c1-14(27)30-13-12-24-11-10-23(2,31-24)19-20(24)22(29)26(21(19)28)18-9-8-17(25-3)15-6-4-5-7-16(15)18/h4-9,19-20H,10-13H2,1-2H3/t19-,20+,23?,24?/m1/s1. The lowest BCUT2D eigenvalue weighted by atomic mass is 9.67. The third-order valence-corrected chi connectivity index (χ3v) is 7.08. The van der Waals surface area contributed by atoms with Gasteiger partial charge in [0.05, 0.1) is 41.9 Å². The van der Waals surface area contributed by atoms with Crippen molar-refractivity contribution in [2.45, 2.75) is 44.3 Å². The molecule has 2 aromatic rings. The summed E-state index contributed by atoms with van der Waals surface area (Å²) in [5, 5.41) is 1.41. The zero-order chi connectivity index (χ0) is 22.0. The van der Waals surface area contributed by atoms with Crippen molar-refractivity contribution < 1.29 is 23.9 Å². The Morgan fingerprint density at radius 2 is 1.87 bits per heavy atom. The van der Waals surface area contributed by atoms with Crippen LogP contribution in [0.15, 0.2) is 36.4 Å². The van der Waals surface area contributed by atoms with Crippen LogP contribution in [0.5, 0.6) is 0 Å². The largest absolute Gasteiger partial charge is 0.466 e. The Hall–Kier alpha value is -3.24. The number of hydrogen-bond donors (Lipinski definition) is 0. The number of benzene rings is 2. The molecule has 2 aromatic carbocycles. The average molecular weight is 418 g/mol. The first-order valence-electron chi connectivity index (χ1n) is 10.4. The summed E-state index contributed by atoms with van der Waals surface area (Å²) in [7, 11) is 0. The molecule has 31 heavy (non-hydrogen) atoms. The number of rotatable bonds is 4. The first-order chi connectivity index (χ1) is 14.8. The molecule has 7 nitrogen and oxygen atoms in total. The summed E-state index contributed by atoms with van der Waals surface area (Å²) < 4.78 is 11.5. The van der Waals surface area contributed by atoms with Crippen molar-refractivity contribution in [3.63, 3.8) is 0 Å². The van der Waals surface area contributed by atoms with Crippen molar-refractivity contribution in [3.8, 4) is 0 Å². The Labute approximate surface area is 179 Å². The predicted octanol–water partition coefficient (Wildman–Crippen LogP) is 3.77. The Bertz CT molecular complexity index is 1180. The second-order valence-electron chi connectivity index (χ2n) is 8.80. The molecule has 0 N–H and O–H groups in total. The van der Waals surface area contributed by atoms with E-state index in [4.69, 9.17) is 16.0 Å². The van der Waals surface area contributed by atoms with E-state index in [0.29, 0.717) is 41.4 Å². The summed E-state index contributed by atoms with van der Waals surface area (Å²) in [5.41, 5.74) is -0.533. The van der Waals surface area contributed by atoms with Crippen molar-refractivity contribution in [2.24, 2.45) is 11.8 Å². The highest BCUT2D eigenvalue weighted by Gasteiger charge is 2.73. The molecule has 4 atom stereocenters. The zero-order valence-electron chi connectivity index (χ0n) is 17.4. The lowest BCUT2D eigenvalue weighted by molar-refractivity contribution is -0.144. The topological polar surface area (TPSA) is 77.3 Å². The van der Waals surface area contributed by atoms with E-state index in [1.165, 1.54) is 11.8 Å². The van der Waals surface area contributed by atoms with Gasteiger partial charge in [-0.05, 0) is 36.6 Å². The van der Waals surface area contributed by atoms with E-state index in [-0.39, 0.29) is 24.4 Å². The van der Waals surface area contributed by atoms with Crippen molar-refractivity contribution in [2.75, 3.05) is 11.5 Å². The first kappa shape index (κ1) is 19.7. The normalized spacial score (nSPS) is 31.2. The van der Waals surface area contributed by atoms with E-state index in [2.05, 4.69) is 4.85 Å². The van der Waals surface area contributed by atoms with Crippen LogP contribution < -0.4 is 4.90 Å². The number of amides is 2. The maximum atomic E-state index is 13.7. The Morgan fingerprint density at radius 3 is 2.58 bits per heavy atom. The summed E-state index contributed by atoms with van der Waals surface area (Å²) in [5.74, 6) is -2.08. The van der Waals surface area contributed by atoms with Crippen LogP contribution in [0, 0.1) is 18.4 Å². The molecule has 0 saturated carbocycles. The van der Waals surface area contributed by atoms with Gasteiger partial charge in [0.1, 0.15) is 0 Å². The van der Waals surface area contributed by atoms with Gasteiger partial charge in [0, 0.05) is 13.3 Å². The van der Waals surface area contributed by atoms with Crippen LogP contribution in [0.2, 0.25) is 0 Å². The highest BCUT2D eigenvalue weighted by atomic mass is 16.6. The maximum absolute atomic E-state index is 13.7. The van der Waals surface area contributed by atoms with Gasteiger partial charge in [-0.25, -0.2) is 9.74 Å². The minimum atomic E-state index is -0.803. The van der Waals surface area contributed by atoms with Crippen LogP contribution in [0.25, 0.3) is 15.6 Å². The molecule has 7 heteroatoms. The number of carbonyl (C=O) groups excluding carboxylic acids is 3. The summed E-state index contributed by atoms with van der Waals surface area (Å²) >= 11 is 0. The van der Waals surface area contributed by atoms with E-state index in [1.54, 1.807) is 12.1 Å². The van der Waals surface area contributed by atoms with Gasteiger partial charge >= 0.3 is 5.97 Å². The molecule has 2 amide bonds. The molecular formula is C24H22N2O5. The fraction of sp³-hybridized carbons (Fsp3) is 0.417. The molecule has 0 aliphatic carbocycles. The van der Waals surface area contributed by atoms with Gasteiger partial charge in [-0.1, -0.05) is 30.3 Å². The fourth-order valence-electron chi connectivity index (χ4n) is 5.77. The van der Waals surface area contributed by atoms with Crippen LogP contribution >= 0.6 is 0 Å². The van der Waals surface area contributed by atoms with E-state index < -0.39 is 23.0 Å². The lowest BCUT2D eigenvalue weighted by Crippen LogP contribution is -2.43. The summed E-state index contributed by atoms with van der Waals surface area (Å²) in [6.45, 7) is 10.8. The van der Waals surface area contributed by atoms with Gasteiger partial charge < -0.3 is 9.47 Å². The molecule has 3 saturated heterocycles. The van der Waals surface area contributed by atoms with Crippen molar-refractivity contribution in [1.29, 1.82) is 0 Å². The van der Waals surface area contributed by atoms with Gasteiger partial charge in [-0.15, -0.1) is 0 Å². The maximum Gasteiger partial charge on any atom is 0.302 e. The number of esters is 1. The van der Waals surface area contributed by atoms with Crippen LogP contribution in [-0.4, -0.2) is 35.6 Å². The molecular weight excluding hydrogens is 396 g/mol. The van der Waals surface area contributed by atoms with Crippen molar-refractivity contribution in [3.05, 3.63) is 47.8 Å². The van der Waals surface area contributed by atoms with Gasteiger partial charge in [-0.3, -0.25) is 14.4 Å². The molecule has 3 aliphatic rings. The first-order valence-corrected chi connectivity index (χ1v) is 10.4. The minimum Gasteiger partial charge on any atom is -0.466 e. The number of fused-ring (bicyclic) bond motifs is 6. The van der Waals surface area contributed by atoms with Crippen LogP contribution in [0.3, 0.4) is 0 Å². The molecule has 0 radical (unpaired) electrons. The molecule has 5 rings (SSSR count). The Morgan fingerprint density at radius 1 is 1.16 bits per heavy atom. The van der Waals surface area contributed by atoms with Crippen LogP contribution in [-0.2, 0) is 23.9 Å². The van der Waals surface area contributed by atoms with E-state index in [1.807, 2.05) is 31.2 Å². The molecule has 2 bridgehead atoms. The SMILES string of the molecule is [C-]#[N+]c1ccc(N2C(=O)[C@@H]3[C@H](C2=O)C2(C)CCC3(CCOC(C)=O)O2)c2ccccc12. The predicted molar refractivity (Wildman–Crippen MR) is 112 cm³/mol. The smallest absolute Gasteiger partial charge is 0.302 e. The number of nitrogens with zero attached hydrogens (tertiary/aromatic N) is 2. The Kier molecular flexibility index (Phi) is 4.21. The summed E-state index contributed by atoms with van der Waals surface area (Å²) in [6, 6.07) is 10.7. The lowest BCUT2D eigenvalue weighted by Gasteiger charge is -2.31. The van der Waals surface area contributed by atoms with Gasteiger partial charge in [-0.2, -0.15) is 0 Å². The van der Waals surface area contributed by atoms with Gasteiger partial charge in [0.25, 0.3) is 0 Å². The quantitative estimate of drug-likeness (QED) is 0.429. The third-order valence-electron chi connectivity index (χ3n) is 7.08. The highest BCUT2D eigenvalue weighted by molar-refractivity contribution is 6.26.